The lowest BCUT2D eigenvalue weighted by molar-refractivity contribution is -0.156. The Balaban J connectivity index is 2.09. The fourth-order valence-corrected chi connectivity index (χ4v) is 2.79. The fraction of sp³-hybridized carbons (Fsp3) is 0.294. The van der Waals surface area contributed by atoms with E-state index < -0.39 is 11.8 Å². The van der Waals surface area contributed by atoms with Crippen LogP contribution < -0.4 is 0 Å². The Morgan fingerprint density at radius 1 is 1.14 bits per heavy atom. The van der Waals surface area contributed by atoms with E-state index in [-0.39, 0.29) is 12.5 Å². The molecule has 0 N–H and O–H groups in total. The molecule has 0 fully saturated rings. The first-order valence-corrected chi connectivity index (χ1v) is 7.68. The van der Waals surface area contributed by atoms with Crippen LogP contribution in [-0.4, -0.2) is 17.9 Å². The van der Waals surface area contributed by atoms with Gasteiger partial charge in [-0.15, -0.1) is 0 Å². The quantitative estimate of drug-likeness (QED) is 0.604. The summed E-state index contributed by atoms with van der Waals surface area (Å²) in [6.45, 7) is 3.45. The maximum atomic E-state index is 11.7. The van der Waals surface area contributed by atoms with Crippen LogP contribution in [0.5, 0.6) is 0 Å². The number of Topliss-reactive ketones (excluding diaryl/α,β-unsaturated/α-hetero) is 1. The number of esters is 1. The summed E-state index contributed by atoms with van der Waals surface area (Å²) in [4.78, 5) is 23.2. The molecule has 2 aromatic rings. The summed E-state index contributed by atoms with van der Waals surface area (Å²) in [6, 6.07) is 12.0. The predicted molar refractivity (Wildman–Crippen MR) is 86.2 cm³/mol. The molecule has 0 heterocycles. The molecule has 0 aliphatic heterocycles. The van der Waals surface area contributed by atoms with Crippen molar-refractivity contribution in [2.75, 3.05) is 0 Å². The summed E-state index contributed by atoms with van der Waals surface area (Å²) < 4.78 is 5.88. The average molecular weight is 349 g/mol. The van der Waals surface area contributed by atoms with Crippen molar-refractivity contribution in [2.24, 2.45) is 0 Å². The highest BCUT2D eigenvalue weighted by Crippen LogP contribution is 2.28. The highest BCUT2D eigenvalue weighted by molar-refractivity contribution is 9.10. The maximum Gasteiger partial charge on any atom is 0.374 e. The second kappa shape index (κ2) is 6.85. The molecule has 0 saturated heterocycles. The van der Waals surface area contributed by atoms with E-state index in [2.05, 4.69) is 15.9 Å². The Labute approximate surface area is 132 Å². The van der Waals surface area contributed by atoms with Crippen LogP contribution in [-0.2, 0) is 20.7 Å². The Kier molecular flexibility index (Phi) is 5.12. The molecule has 0 bridgehead atoms. The van der Waals surface area contributed by atoms with Crippen LogP contribution in [0.25, 0.3) is 10.8 Å². The molecule has 0 atom stereocenters. The fourth-order valence-electron chi connectivity index (χ4n) is 2.10. The summed E-state index contributed by atoms with van der Waals surface area (Å²) in [7, 11) is 0. The molecule has 3 nitrogen and oxygen atoms in total. The van der Waals surface area contributed by atoms with Crippen molar-refractivity contribution in [3.8, 4) is 0 Å². The third kappa shape index (κ3) is 3.91. The highest BCUT2D eigenvalue weighted by atomic mass is 79.9. The maximum absolute atomic E-state index is 11.7. The number of carbonyl (C=O) groups excluding carboxylic acids is 2. The van der Waals surface area contributed by atoms with Crippen molar-refractivity contribution in [1.82, 2.24) is 0 Å². The molecule has 0 unspecified atom stereocenters. The summed E-state index contributed by atoms with van der Waals surface area (Å²) in [5.41, 5.74) is 1.01. The Morgan fingerprint density at radius 3 is 2.57 bits per heavy atom. The minimum absolute atomic E-state index is 0.155. The topological polar surface area (TPSA) is 43.4 Å². The number of aryl methyl sites for hydroxylation is 1. The zero-order valence-corrected chi connectivity index (χ0v) is 13.6. The molecule has 4 heteroatoms. The van der Waals surface area contributed by atoms with Gasteiger partial charge in [-0.25, -0.2) is 4.79 Å². The van der Waals surface area contributed by atoms with E-state index in [4.69, 9.17) is 4.74 Å². The molecule has 0 amide bonds. The molecule has 0 aliphatic rings. The lowest BCUT2D eigenvalue weighted by Crippen LogP contribution is -2.21. The van der Waals surface area contributed by atoms with Crippen molar-refractivity contribution in [3.05, 3.63) is 46.4 Å². The Bertz CT molecular complexity index is 677. The van der Waals surface area contributed by atoms with Gasteiger partial charge in [0.1, 0.15) is 0 Å². The number of carbonyl (C=O) groups is 2. The van der Waals surface area contributed by atoms with Crippen LogP contribution >= 0.6 is 15.9 Å². The normalized spacial score (nSPS) is 10.9. The van der Waals surface area contributed by atoms with E-state index in [9.17, 15) is 9.59 Å². The number of hydrogen-bond donors (Lipinski definition) is 0. The smallest absolute Gasteiger partial charge is 0.374 e. The largest absolute Gasteiger partial charge is 0.457 e. The number of hydrogen-bond acceptors (Lipinski definition) is 3. The van der Waals surface area contributed by atoms with Crippen LogP contribution in [0.2, 0.25) is 0 Å². The van der Waals surface area contributed by atoms with E-state index >= 15 is 0 Å². The van der Waals surface area contributed by atoms with Gasteiger partial charge in [-0.1, -0.05) is 36.4 Å². The van der Waals surface area contributed by atoms with Crippen molar-refractivity contribution in [1.29, 1.82) is 0 Å². The van der Waals surface area contributed by atoms with E-state index in [1.54, 1.807) is 13.8 Å². The minimum Gasteiger partial charge on any atom is -0.457 e. The number of benzene rings is 2. The van der Waals surface area contributed by atoms with E-state index in [0.717, 1.165) is 20.8 Å². The summed E-state index contributed by atoms with van der Waals surface area (Å²) in [5, 5.41) is 2.24. The zero-order valence-electron chi connectivity index (χ0n) is 12.1. The van der Waals surface area contributed by atoms with Crippen molar-refractivity contribution in [2.45, 2.75) is 32.8 Å². The van der Waals surface area contributed by atoms with Crippen LogP contribution in [0, 0.1) is 0 Å². The molecular formula is C17H17BrO3. The lowest BCUT2D eigenvalue weighted by atomic mass is 10.0. The van der Waals surface area contributed by atoms with Gasteiger partial charge in [0.05, 0.1) is 6.10 Å². The molecule has 2 aromatic carbocycles. The molecule has 0 aliphatic carbocycles. The minimum atomic E-state index is -0.748. The van der Waals surface area contributed by atoms with Crippen LogP contribution in [0.4, 0.5) is 0 Å². The lowest BCUT2D eigenvalue weighted by Gasteiger charge is -2.09. The van der Waals surface area contributed by atoms with Gasteiger partial charge in [-0.2, -0.15) is 0 Å². The summed E-state index contributed by atoms with van der Waals surface area (Å²) >= 11 is 3.58. The summed E-state index contributed by atoms with van der Waals surface area (Å²) in [5.74, 6) is -1.23. The van der Waals surface area contributed by atoms with Gasteiger partial charge in [-0.3, -0.25) is 4.79 Å². The zero-order chi connectivity index (χ0) is 15.4. The standard InChI is InChI=1S/C17H17BrO3/c1-11(2)21-17(20)15(19)10-9-13-8-7-12-5-3-4-6-14(12)16(13)18/h3-8,11H,9-10H2,1-2H3. The number of halogens is 1. The number of fused-ring (bicyclic) bond motifs is 1. The first kappa shape index (κ1) is 15.7. The third-order valence-electron chi connectivity index (χ3n) is 3.14. The van der Waals surface area contributed by atoms with Gasteiger partial charge in [0.2, 0.25) is 5.78 Å². The van der Waals surface area contributed by atoms with Gasteiger partial charge in [0.25, 0.3) is 0 Å². The first-order valence-electron chi connectivity index (χ1n) is 6.89. The number of ether oxygens (including phenoxy) is 1. The molecule has 0 spiro atoms. The Morgan fingerprint density at radius 2 is 1.86 bits per heavy atom. The van der Waals surface area contributed by atoms with Crippen LogP contribution in [0.3, 0.4) is 0 Å². The van der Waals surface area contributed by atoms with Crippen LogP contribution in [0.1, 0.15) is 25.8 Å². The van der Waals surface area contributed by atoms with Gasteiger partial charge in [-0.05, 0) is 52.5 Å². The van der Waals surface area contributed by atoms with Crippen LogP contribution in [0.15, 0.2) is 40.9 Å². The summed E-state index contributed by atoms with van der Waals surface area (Å²) in [6.07, 6.45) is 0.397. The van der Waals surface area contributed by atoms with E-state index in [1.165, 1.54) is 0 Å². The van der Waals surface area contributed by atoms with Crippen molar-refractivity contribution in [3.63, 3.8) is 0 Å². The first-order chi connectivity index (χ1) is 9.99. The van der Waals surface area contributed by atoms with Gasteiger partial charge < -0.3 is 4.74 Å². The molecule has 2 rings (SSSR count). The van der Waals surface area contributed by atoms with E-state index in [0.29, 0.717) is 6.42 Å². The van der Waals surface area contributed by atoms with Crippen molar-refractivity contribution >= 4 is 38.5 Å². The molecule has 0 saturated carbocycles. The SMILES string of the molecule is CC(C)OC(=O)C(=O)CCc1ccc2ccccc2c1Br. The average Bonchev–Trinajstić information content (AvgIpc) is 2.46. The number of ketones is 1. The molecule has 21 heavy (non-hydrogen) atoms. The number of rotatable bonds is 5. The van der Waals surface area contributed by atoms with Gasteiger partial charge >= 0.3 is 5.97 Å². The second-order valence-electron chi connectivity index (χ2n) is 5.14. The highest BCUT2D eigenvalue weighted by Gasteiger charge is 2.17. The van der Waals surface area contributed by atoms with E-state index in [1.807, 2.05) is 36.4 Å². The van der Waals surface area contributed by atoms with Gasteiger partial charge in [0, 0.05) is 10.9 Å². The molecule has 110 valence electrons. The monoisotopic (exact) mass is 348 g/mol. The van der Waals surface area contributed by atoms with Crippen molar-refractivity contribution < 1.29 is 14.3 Å². The van der Waals surface area contributed by atoms with Gasteiger partial charge in [0.15, 0.2) is 0 Å². The molecular weight excluding hydrogens is 332 g/mol. The third-order valence-corrected chi connectivity index (χ3v) is 4.07. The second-order valence-corrected chi connectivity index (χ2v) is 5.93. The Hall–Kier alpha value is -1.68. The molecule has 0 aromatic heterocycles. The molecule has 0 radical (unpaired) electrons. The predicted octanol–water partition coefficient (Wildman–Crippen LogP) is 4.06.